The van der Waals surface area contributed by atoms with E-state index in [0.717, 1.165) is 29.7 Å². The summed E-state index contributed by atoms with van der Waals surface area (Å²) < 4.78 is 19.1. The molecule has 2 aromatic rings. The summed E-state index contributed by atoms with van der Waals surface area (Å²) in [4.78, 5) is 4.44. The van der Waals surface area contributed by atoms with Gasteiger partial charge in [-0.1, -0.05) is 29.8 Å². The van der Waals surface area contributed by atoms with Crippen molar-refractivity contribution < 1.29 is 9.13 Å². The number of hydrogen-bond acceptors (Lipinski definition) is 2. The molecule has 3 rings (SSSR count). The van der Waals surface area contributed by atoms with Crippen LogP contribution in [0.5, 0.6) is 0 Å². The van der Waals surface area contributed by atoms with Gasteiger partial charge in [0.05, 0.1) is 22.0 Å². The monoisotopic (exact) mass is 289 g/mol. The smallest absolute Gasteiger partial charge is 0.142 e. The summed E-state index contributed by atoms with van der Waals surface area (Å²) in [5.74, 6) is 0.538. The maximum atomic E-state index is 13.3. The molecule has 0 fully saturated rings. The molecule has 1 aliphatic carbocycles. The van der Waals surface area contributed by atoms with Crippen LogP contribution in [0, 0.1) is 5.82 Å². The Bertz CT molecular complexity index is 709. The third-order valence-electron chi connectivity index (χ3n) is 3.17. The van der Waals surface area contributed by atoms with E-state index in [-0.39, 0.29) is 5.02 Å². The second-order valence-corrected chi connectivity index (χ2v) is 5.06. The predicted molar refractivity (Wildman–Crippen MR) is 78.0 cm³/mol. The van der Waals surface area contributed by atoms with Crippen LogP contribution in [0.2, 0.25) is 5.02 Å². The van der Waals surface area contributed by atoms with Crippen LogP contribution in [-0.2, 0) is 11.3 Å². The van der Waals surface area contributed by atoms with Crippen molar-refractivity contribution in [2.24, 2.45) is 0 Å². The zero-order valence-corrected chi connectivity index (χ0v) is 11.5. The molecule has 102 valence electrons. The highest BCUT2D eigenvalue weighted by Crippen LogP contribution is 2.22. The molecule has 0 saturated heterocycles. The molecular formula is C16H13ClFNO. The molecule has 0 bridgehead atoms. The van der Waals surface area contributed by atoms with Gasteiger partial charge in [0.15, 0.2) is 0 Å². The SMILES string of the molecule is Fc1cc2ccc(COC3=CC=CCC3)nc2cc1Cl. The molecule has 0 unspecified atom stereocenters. The van der Waals surface area contributed by atoms with E-state index in [1.165, 1.54) is 6.07 Å². The van der Waals surface area contributed by atoms with E-state index in [0.29, 0.717) is 12.1 Å². The van der Waals surface area contributed by atoms with Crippen molar-refractivity contribution in [1.29, 1.82) is 0 Å². The van der Waals surface area contributed by atoms with Crippen molar-refractivity contribution in [2.45, 2.75) is 19.4 Å². The lowest BCUT2D eigenvalue weighted by atomic mass is 10.1. The van der Waals surface area contributed by atoms with Crippen molar-refractivity contribution >= 4 is 22.5 Å². The lowest BCUT2D eigenvalue weighted by molar-refractivity contribution is 0.185. The van der Waals surface area contributed by atoms with Crippen LogP contribution in [0.25, 0.3) is 10.9 Å². The summed E-state index contributed by atoms with van der Waals surface area (Å²) in [5, 5.41) is 0.818. The van der Waals surface area contributed by atoms with E-state index < -0.39 is 5.82 Å². The number of allylic oxidation sites excluding steroid dienone is 4. The Morgan fingerprint density at radius 2 is 2.20 bits per heavy atom. The van der Waals surface area contributed by atoms with Gasteiger partial charge >= 0.3 is 0 Å². The molecule has 1 aromatic heterocycles. The highest BCUT2D eigenvalue weighted by molar-refractivity contribution is 6.31. The van der Waals surface area contributed by atoms with Gasteiger partial charge < -0.3 is 4.74 Å². The van der Waals surface area contributed by atoms with Crippen molar-refractivity contribution in [3.05, 3.63) is 64.8 Å². The van der Waals surface area contributed by atoms with Crippen LogP contribution < -0.4 is 0 Å². The normalized spacial score (nSPS) is 14.4. The Morgan fingerprint density at radius 1 is 1.30 bits per heavy atom. The van der Waals surface area contributed by atoms with Crippen molar-refractivity contribution in [3.63, 3.8) is 0 Å². The van der Waals surface area contributed by atoms with Gasteiger partial charge in [0, 0.05) is 11.8 Å². The van der Waals surface area contributed by atoms with Crippen LogP contribution in [0.1, 0.15) is 18.5 Å². The molecule has 1 heterocycles. The molecule has 1 aliphatic rings. The van der Waals surface area contributed by atoms with E-state index in [4.69, 9.17) is 16.3 Å². The van der Waals surface area contributed by atoms with Gasteiger partial charge in [-0.2, -0.15) is 0 Å². The average molecular weight is 290 g/mol. The number of halogens is 2. The lowest BCUT2D eigenvalue weighted by Gasteiger charge is -2.11. The summed E-state index contributed by atoms with van der Waals surface area (Å²) in [6.45, 7) is 0.407. The minimum atomic E-state index is -0.427. The Labute approximate surface area is 121 Å². The van der Waals surface area contributed by atoms with Gasteiger partial charge in [0.25, 0.3) is 0 Å². The van der Waals surface area contributed by atoms with Gasteiger partial charge in [0.2, 0.25) is 0 Å². The average Bonchev–Trinajstić information content (AvgIpc) is 2.47. The number of hydrogen-bond donors (Lipinski definition) is 0. The molecule has 0 saturated carbocycles. The number of nitrogens with zero attached hydrogens (tertiary/aromatic N) is 1. The Kier molecular flexibility index (Phi) is 3.70. The maximum Gasteiger partial charge on any atom is 0.142 e. The van der Waals surface area contributed by atoms with Gasteiger partial charge in [0.1, 0.15) is 12.4 Å². The third-order valence-corrected chi connectivity index (χ3v) is 3.46. The standard InChI is InChI=1S/C16H13ClFNO/c17-14-9-16-11(8-15(14)18)6-7-12(19-16)10-20-13-4-2-1-3-5-13/h1-2,4,6-9H,3,5,10H2. The van der Waals surface area contributed by atoms with Crippen LogP contribution >= 0.6 is 11.6 Å². The zero-order valence-electron chi connectivity index (χ0n) is 10.8. The van der Waals surface area contributed by atoms with Crippen LogP contribution in [0.15, 0.2) is 48.3 Å². The van der Waals surface area contributed by atoms with Crippen LogP contribution in [-0.4, -0.2) is 4.98 Å². The lowest BCUT2D eigenvalue weighted by Crippen LogP contribution is -1.98. The first kappa shape index (κ1) is 13.1. The van der Waals surface area contributed by atoms with Gasteiger partial charge in [-0.25, -0.2) is 9.37 Å². The number of fused-ring (bicyclic) bond motifs is 1. The Morgan fingerprint density at radius 3 is 3.00 bits per heavy atom. The summed E-state index contributed by atoms with van der Waals surface area (Å²) >= 11 is 5.78. The summed E-state index contributed by atoms with van der Waals surface area (Å²) in [6.07, 6.45) is 8.00. The highest BCUT2D eigenvalue weighted by atomic mass is 35.5. The summed E-state index contributed by atoms with van der Waals surface area (Å²) in [5.41, 5.74) is 1.48. The molecule has 1 aromatic carbocycles. The molecular weight excluding hydrogens is 277 g/mol. The van der Waals surface area contributed by atoms with E-state index in [9.17, 15) is 4.39 Å². The van der Waals surface area contributed by atoms with Gasteiger partial charge in [-0.3, -0.25) is 0 Å². The fourth-order valence-corrected chi connectivity index (χ4v) is 2.27. The zero-order chi connectivity index (χ0) is 13.9. The number of benzene rings is 1. The third kappa shape index (κ3) is 2.83. The van der Waals surface area contributed by atoms with Crippen LogP contribution in [0.4, 0.5) is 4.39 Å². The van der Waals surface area contributed by atoms with Gasteiger partial charge in [-0.05, 0) is 30.7 Å². The van der Waals surface area contributed by atoms with Gasteiger partial charge in [-0.15, -0.1) is 0 Å². The molecule has 20 heavy (non-hydrogen) atoms. The van der Waals surface area contributed by atoms with Crippen molar-refractivity contribution in [1.82, 2.24) is 4.98 Å². The van der Waals surface area contributed by atoms with E-state index >= 15 is 0 Å². The fraction of sp³-hybridized carbons (Fsp3) is 0.188. The largest absolute Gasteiger partial charge is 0.492 e. The second-order valence-electron chi connectivity index (χ2n) is 4.65. The molecule has 0 atom stereocenters. The fourth-order valence-electron chi connectivity index (χ4n) is 2.11. The molecule has 2 nitrogen and oxygen atoms in total. The molecule has 0 aliphatic heterocycles. The first-order chi connectivity index (χ1) is 9.72. The quantitative estimate of drug-likeness (QED) is 0.811. The summed E-state index contributed by atoms with van der Waals surface area (Å²) in [7, 11) is 0. The molecule has 0 N–H and O–H groups in total. The van der Waals surface area contributed by atoms with E-state index in [1.807, 2.05) is 24.3 Å². The number of pyridine rings is 1. The number of rotatable bonds is 3. The first-order valence-corrected chi connectivity index (χ1v) is 6.83. The topological polar surface area (TPSA) is 22.1 Å². The second kappa shape index (κ2) is 5.63. The maximum absolute atomic E-state index is 13.3. The summed E-state index contributed by atoms with van der Waals surface area (Å²) in [6, 6.07) is 6.60. The molecule has 0 spiro atoms. The molecule has 4 heteroatoms. The first-order valence-electron chi connectivity index (χ1n) is 6.45. The molecule has 0 amide bonds. The Hall–Kier alpha value is -1.87. The van der Waals surface area contributed by atoms with Crippen LogP contribution in [0.3, 0.4) is 0 Å². The molecule has 0 radical (unpaired) electrons. The number of ether oxygens (including phenoxy) is 1. The number of aromatic nitrogens is 1. The predicted octanol–water partition coefficient (Wildman–Crippen LogP) is 4.78. The van der Waals surface area contributed by atoms with E-state index in [1.54, 1.807) is 6.07 Å². The Balaban J connectivity index is 1.80. The minimum absolute atomic E-state index is 0.0863. The van der Waals surface area contributed by atoms with Crippen molar-refractivity contribution in [2.75, 3.05) is 0 Å². The van der Waals surface area contributed by atoms with Crippen molar-refractivity contribution in [3.8, 4) is 0 Å². The highest BCUT2D eigenvalue weighted by Gasteiger charge is 2.06. The minimum Gasteiger partial charge on any atom is -0.492 e. The van der Waals surface area contributed by atoms with E-state index in [2.05, 4.69) is 11.1 Å².